The van der Waals surface area contributed by atoms with Gasteiger partial charge < -0.3 is 19.7 Å². The molecule has 4 rings (SSSR count). The van der Waals surface area contributed by atoms with Gasteiger partial charge in [0.15, 0.2) is 0 Å². The lowest BCUT2D eigenvalue weighted by Gasteiger charge is -2.50. The Hall–Kier alpha value is -0.650. The van der Waals surface area contributed by atoms with E-state index in [9.17, 15) is 4.79 Å². The fourth-order valence-electron chi connectivity index (χ4n) is 11.6. The van der Waals surface area contributed by atoms with Crippen molar-refractivity contribution in [2.45, 2.75) is 183 Å². The van der Waals surface area contributed by atoms with Crippen LogP contribution < -0.4 is 5.32 Å². The van der Waals surface area contributed by atoms with Gasteiger partial charge in [-0.15, -0.1) is 0 Å². The number of nitrogens with one attached hydrogen (secondary N) is 1. The highest BCUT2D eigenvalue weighted by Crippen LogP contribution is 2.55. The van der Waals surface area contributed by atoms with E-state index in [-0.39, 0.29) is 0 Å². The molecule has 4 saturated carbocycles. The zero-order valence-corrected chi connectivity index (χ0v) is 35.2. The molecule has 4 aliphatic rings. The molecule has 0 aromatic heterocycles. The van der Waals surface area contributed by atoms with Crippen molar-refractivity contribution in [3.05, 3.63) is 0 Å². The second-order valence-electron chi connectivity index (χ2n) is 18.4. The maximum absolute atomic E-state index is 12.5. The quantitative estimate of drug-likeness (QED) is 0.121. The number of rotatable bonds is 21. The molecule has 0 radical (unpaired) electrons. The first-order valence-electron chi connectivity index (χ1n) is 22.0. The highest BCUT2D eigenvalue weighted by molar-refractivity contribution is 5.76. The van der Waals surface area contributed by atoms with Gasteiger partial charge in [-0.2, -0.15) is 0 Å². The Balaban J connectivity index is 0.000000330. The van der Waals surface area contributed by atoms with Crippen molar-refractivity contribution in [3.8, 4) is 0 Å². The maximum atomic E-state index is 12.5. The van der Waals surface area contributed by atoms with Gasteiger partial charge in [-0.25, -0.2) is 0 Å². The minimum absolute atomic E-state index is 0.302. The molecule has 0 aliphatic heterocycles. The number of hydrogen-bond donors (Lipinski definition) is 1. The molecule has 5 heteroatoms. The van der Waals surface area contributed by atoms with Gasteiger partial charge in [-0.1, -0.05) is 80.1 Å². The molecule has 1 amide bonds. The molecule has 5 nitrogen and oxygen atoms in total. The molecular formula is C45H88N2O3. The van der Waals surface area contributed by atoms with E-state index in [0.29, 0.717) is 16.7 Å². The van der Waals surface area contributed by atoms with Crippen LogP contribution in [0.3, 0.4) is 0 Å². The Kier molecular flexibility index (Phi) is 23.1. The lowest BCUT2D eigenvalue weighted by atomic mass is 9.55. The highest BCUT2D eigenvalue weighted by Gasteiger charge is 2.45. The summed E-state index contributed by atoms with van der Waals surface area (Å²) in [4.78, 5) is 15.1. The second kappa shape index (κ2) is 25.4. The molecule has 4 atom stereocenters. The Labute approximate surface area is 312 Å². The van der Waals surface area contributed by atoms with Crippen molar-refractivity contribution in [1.29, 1.82) is 0 Å². The van der Waals surface area contributed by atoms with Crippen LogP contribution in [0.15, 0.2) is 0 Å². The summed E-state index contributed by atoms with van der Waals surface area (Å²) >= 11 is 0. The van der Waals surface area contributed by atoms with Crippen LogP contribution in [-0.2, 0) is 14.3 Å². The van der Waals surface area contributed by atoms with Crippen molar-refractivity contribution in [1.82, 2.24) is 10.2 Å². The first kappa shape index (κ1) is 45.5. The minimum atomic E-state index is 0.302. The average Bonchev–Trinajstić information content (AvgIpc) is 3.04. The molecular weight excluding hydrogens is 617 g/mol. The molecule has 1 N–H and O–H groups in total. The standard InChI is InChI=1S/C22H43NO.C21H39NO2.C2H6/c1-19-14-21-15-20(2)17-22(16-19,18-21)10-12-23(3)11-8-6-5-7-9-13-24-4;1-17-11-19-12-18(2)14-21(13-17,15-19)16-20(23)22-9-7-5-4-6-8-10-24-3;1-2/h19-21H,5-18H2,1-4H3;17-19H,4-16H2,1-3H3,(H,22,23);1-2H3. The monoisotopic (exact) mass is 705 g/mol. The van der Waals surface area contributed by atoms with Crippen LogP contribution in [0.4, 0.5) is 0 Å². The molecule has 0 saturated heterocycles. The number of carbonyl (C=O) groups is 1. The van der Waals surface area contributed by atoms with E-state index in [2.05, 4.69) is 45.0 Å². The van der Waals surface area contributed by atoms with E-state index in [0.717, 1.165) is 74.5 Å². The van der Waals surface area contributed by atoms with E-state index in [1.807, 2.05) is 13.8 Å². The first-order valence-corrected chi connectivity index (χ1v) is 22.0. The van der Waals surface area contributed by atoms with Crippen LogP contribution in [0.2, 0.25) is 0 Å². The molecule has 0 aromatic rings. The van der Waals surface area contributed by atoms with Crippen LogP contribution in [0.5, 0.6) is 0 Å². The van der Waals surface area contributed by atoms with Crippen LogP contribution >= 0.6 is 0 Å². The van der Waals surface area contributed by atoms with Gasteiger partial charge in [-0.05, 0) is 163 Å². The molecule has 4 bridgehead atoms. The number of nitrogens with zero attached hydrogens (tertiary/aromatic N) is 1. The maximum Gasteiger partial charge on any atom is 0.220 e. The Morgan fingerprint density at radius 1 is 0.600 bits per heavy atom. The topological polar surface area (TPSA) is 50.8 Å². The zero-order valence-electron chi connectivity index (χ0n) is 35.2. The van der Waals surface area contributed by atoms with E-state index in [4.69, 9.17) is 9.47 Å². The summed E-state index contributed by atoms with van der Waals surface area (Å²) in [6, 6.07) is 0. The van der Waals surface area contributed by atoms with Crippen LogP contribution in [-0.4, -0.2) is 64.9 Å². The molecule has 0 aromatic carbocycles. The van der Waals surface area contributed by atoms with Crippen molar-refractivity contribution in [2.75, 3.05) is 54.1 Å². The van der Waals surface area contributed by atoms with Crippen LogP contribution in [0.1, 0.15) is 183 Å². The molecule has 50 heavy (non-hydrogen) atoms. The van der Waals surface area contributed by atoms with Crippen molar-refractivity contribution in [3.63, 3.8) is 0 Å². The lowest BCUT2D eigenvalue weighted by molar-refractivity contribution is -0.126. The van der Waals surface area contributed by atoms with Gasteiger partial charge in [-0.3, -0.25) is 4.79 Å². The van der Waals surface area contributed by atoms with Gasteiger partial charge in [0.2, 0.25) is 5.91 Å². The summed E-state index contributed by atoms with van der Waals surface area (Å²) in [7, 11) is 5.91. The number of methoxy groups -OCH3 is 2. The third-order valence-corrected chi connectivity index (χ3v) is 12.8. The highest BCUT2D eigenvalue weighted by atomic mass is 16.5. The number of fused-ring (bicyclic) bond motifs is 4. The smallest absolute Gasteiger partial charge is 0.220 e. The predicted octanol–water partition coefficient (Wildman–Crippen LogP) is 11.7. The van der Waals surface area contributed by atoms with Gasteiger partial charge >= 0.3 is 0 Å². The molecule has 4 aliphatic carbocycles. The fourth-order valence-corrected chi connectivity index (χ4v) is 11.6. The largest absolute Gasteiger partial charge is 0.385 e. The number of unbranched alkanes of at least 4 members (excludes halogenated alkanes) is 8. The lowest BCUT2D eigenvalue weighted by Crippen LogP contribution is -2.42. The Morgan fingerprint density at radius 3 is 1.52 bits per heavy atom. The van der Waals surface area contributed by atoms with Crippen LogP contribution in [0.25, 0.3) is 0 Å². The van der Waals surface area contributed by atoms with Gasteiger partial charge in [0.25, 0.3) is 0 Å². The summed E-state index contributed by atoms with van der Waals surface area (Å²) in [6.07, 6.45) is 29.0. The van der Waals surface area contributed by atoms with E-state index in [1.54, 1.807) is 14.2 Å². The van der Waals surface area contributed by atoms with Crippen molar-refractivity contribution < 1.29 is 14.3 Å². The number of carbonyl (C=O) groups excluding carboxylic acids is 1. The summed E-state index contributed by atoms with van der Waals surface area (Å²) in [5.74, 6) is 5.75. The number of hydrogen-bond acceptors (Lipinski definition) is 4. The minimum Gasteiger partial charge on any atom is -0.385 e. The van der Waals surface area contributed by atoms with Gasteiger partial charge in [0, 0.05) is 40.4 Å². The van der Waals surface area contributed by atoms with Crippen LogP contribution in [0, 0.1) is 46.3 Å². The number of amides is 1. The van der Waals surface area contributed by atoms with E-state index < -0.39 is 0 Å². The molecule has 0 spiro atoms. The normalized spacial score (nSPS) is 31.6. The summed E-state index contributed by atoms with van der Waals surface area (Å²) in [5.41, 5.74) is 0.999. The molecule has 4 fully saturated rings. The fraction of sp³-hybridized carbons (Fsp3) is 0.978. The Bertz CT molecular complexity index is 824. The summed E-state index contributed by atoms with van der Waals surface area (Å²) < 4.78 is 10.2. The molecule has 4 unspecified atom stereocenters. The molecule has 296 valence electrons. The third kappa shape index (κ3) is 17.9. The van der Waals surface area contributed by atoms with E-state index >= 15 is 0 Å². The first-order chi connectivity index (χ1) is 24.1. The Morgan fingerprint density at radius 2 is 1.02 bits per heavy atom. The summed E-state index contributed by atoms with van der Waals surface area (Å²) in [6.45, 7) is 19.0. The predicted molar refractivity (Wildman–Crippen MR) is 216 cm³/mol. The SMILES string of the molecule is CC.COCCCCCCCN(C)CCC12CC(C)CC(CC(C)C1)C2.COCCCCCCCNC(=O)CC12CC(C)CC(CC(C)C1)C2. The zero-order chi connectivity index (χ0) is 36.8. The summed E-state index contributed by atoms with van der Waals surface area (Å²) in [5, 5.41) is 3.20. The third-order valence-electron chi connectivity index (χ3n) is 12.8. The van der Waals surface area contributed by atoms with Crippen molar-refractivity contribution >= 4 is 5.91 Å². The van der Waals surface area contributed by atoms with E-state index in [1.165, 1.54) is 135 Å². The second-order valence-corrected chi connectivity index (χ2v) is 18.4. The molecule has 0 heterocycles. The number of ether oxygens (including phenoxy) is 2. The average molecular weight is 705 g/mol. The van der Waals surface area contributed by atoms with Gasteiger partial charge in [0.1, 0.15) is 0 Å². The van der Waals surface area contributed by atoms with Gasteiger partial charge in [0.05, 0.1) is 0 Å². The van der Waals surface area contributed by atoms with Crippen molar-refractivity contribution in [2.24, 2.45) is 46.3 Å².